The van der Waals surface area contributed by atoms with Crippen molar-refractivity contribution in [1.82, 2.24) is 0 Å². The summed E-state index contributed by atoms with van der Waals surface area (Å²) in [6.07, 6.45) is 5.07. The number of nitriles is 1. The molecular weight excluding hydrogens is 538 g/mol. The Morgan fingerprint density at radius 1 is 0.636 bits per heavy atom. The smallest absolute Gasteiger partial charge is 0.145 e. The number of methoxy groups -OCH3 is 1. The van der Waals surface area contributed by atoms with Crippen molar-refractivity contribution in [2.45, 2.75) is 19.8 Å². The Labute approximate surface area is 260 Å². The molecule has 0 N–H and O–H groups in total. The van der Waals surface area contributed by atoms with Gasteiger partial charge in [-0.05, 0) is 100 Å². The zero-order valence-corrected chi connectivity index (χ0v) is 25.2. The minimum atomic E-state index is 0.534. The second kappa shape index (κ2) is 14.1. The summed E-state index contributed by atoms with van der Waals surface area (Å²) in [4.78, 5) is 0. The number of hydrogen-bond donors (Lipinski definition) is 0. The van der Waals surface area contributed by atoms with Gasteiger partial charge in [0.15, 0.2) is 0 Å². The molecule has 5 rings (SSSR count). The third-order valence-electron chi connectivity index (χ3n) is 7.59. The molecule has 0 aromatic heterocycles. The molecule has 216 valence electrons. The van der Waals surface area contributed by atoms with Gasteiger partial charge < -0.3 is 9.47 Å². The van der Waals surface area contributed by atoms with Crippen LogP contribution in [0.15, 0.2) is 141 Å². The Hall–Kier alpha value is -5.59. The van der Waals surface area contributed by atoms with Crippen LogP contribution in [0.25, 0.3) is 11.1 Å². The topological polar surface area (TPSA) is 42.2 Å². The van der Waals surface area contributed by atoms with Gasteiger partial charge in [-0.3, -0.25) is 0 Å². The molecule has 3 nitrogen and oxygen atoms in total. The van der Waals surface area contributed by atoms with Gasteiger partial charge in [-0.25, -0.2) is 0 Å². The summed E-state index contributed by atoms with van der Waals surface area (Å²) < 4.78 is 12.1. The van der Waals surface area contributed by atoms with Crippen LogP contribution in [0.4, 0.5) is 0 Å². The van der Waals surface area contributed by atoms with E-state index in [9.17, 15) is 5.26 Å². The van der Waals surface area contributed by atoms with Gasteiger partial charge in [-0.2, -0.15) is 5.26 Å². The lowest BCUT2D eigenvalue weighted by atomic mass is 9.84. The molecule has 0 fully saturated rings. The van der Waals surface area contributed by atoms with Crippen LogP contribution < -0.4 is 9.47 Å². The zero-order valence-electron chi connectivity index (χ0n) is 25.2. The number of allylic oxidation sites excluding steroid dienone is 2. The summed E-state index contributed by atoms with van der Waals surface area (Å²) in [6.45, 7) is 9.91. The molecule has 0 aliphatic heterocycles. The van der Waals surface area contributed by atoms with E-state index in [4.69, 9.17) is 9.47 Å². The largest absolute Gasteiger partial charge is 0.496 e. The molecule has 0 bridgehead atoms. The van der Waals surface area contributed by atoms with Gasteiger partial charge >= 0.3 is 0 Å². The fourth-order valence-electron chi connectivity index (χ4n) is 5.51. The first-order valence-corrected chi connectivity index (χ1v) is 14.6. The molecular formula is C41H35NO2. The molecule has 0 atom stereocenters. The molecule has 0 heterocycles. The number of aryl methyl sites for hydroxylation is 1. The lowest BCUT2D eigenvalue weighted by Crippen LogP contribution is -2.01. The maximum atomic E-state index is 9.79. The van der Waals surface area contributed by atoms with Gasteiger partial charge in [0.25, 0.3) is 0 Å². The summed E-state index contributed by atoms with van der Waals surface area (Å²) in [6, 6.07) is 41.5. The molecule has 0 saturated heterocycles. The molecule has 0 saturated carbocycles. The summed E-state index contributed by atoms with van der Waals surface area (Å²) in [5.41, 5.74) is 9.98. The number of hydrogen-bond acceptors (Lipinski definition) is 3. The molecule has 0 aliphatic carbocycles. The molecule has 0 unspecified atom stereocenters. The minimum absolute atomic E-state index is 0.534. The number of rotatable bonds is 11. The van der Waals surface area contributed by atoms with Crippen molar-refractivity contribution in [3.63, 3.8) is 0 Å². The normalized spacial score (nSPS) is 11.2. The quantitative estimate of drug-likeness (QED) is 0.117. The van der Waals surface area contributed by atoms with Crippen molar-refractivity contribution in [3.05, 3.63) is 185 Å². The molecule has 3 heteroatoms. The zero-order chi connectivity index (χ0) is 30.9. The third kappa shape index (κ3) is 6.41. The van der Waals surface area contributed by atoms with E-state index in [1.54, 1.807) is 7.11 Å². The van der Waals surface area contributed by atoms with Crippen LogP contribution >= 0.6 is 0 Å². The first kappa shape index (κ1) is 29.9. The lowest BCUT2D eigenvalue weighted by Gasteiger charge is -2.21. The first-order valence-electron chi connectivity index (χ1n) is 14.6. The monoisotopic (exact) mass is 573 g/mol. The van der Waals surface area contributed by atoms with Crippen LogP contribution in [-0.2, 0) is 12.8 Å². The van der Waals surface area contributed by atoms with E-state index in [1.807, 2.05) is 61.5 Å². The number of nitrogens with zero attached hydrogens (tertiary/aromatic N) is 1. The van der Waals surface area contributed by atoms with Crippen LogP contribution in [0.1, 0.15) is 44.5 Å². The highest BCUT2D eigenvalue weighted by Gasteiger charge is 2.19. The van der Waals surface area contributed by atoms with E-state index in [2.05, 4.69) is 92.0 Å². The molecule has 5 aromatic rings. The predicted molar refractivity (Wildman–Crippen MR) is 181 cm³/mol. The molecule has 0 aliphatic rings. The van der Waals surface area contributed by atoms with Crippen molar-refractivity contribution < 1.29 is 9.47 Å². The average molecular weight is 574 g/mol. The van der Waals surface area contributed by atoms with Crippen molar-refractivity contribution >= 4 is 11.1 Å². The fourth-order valence-corrected chi connectivity index (χ4v) is 5.51. The summed E-state index contributed by atoms with van der Waals surface area (Å²) in [7, 11) is 1.70. The van der Waals surface area contributed by atoms with Gasteiger partial charge in [-0.15, -0.1) is 13.2 Å². The lowest BCUT2D eigenvalue weighted by molar-refractivity contribution is 0.410. The van der Waals surface area contributed by atoms with Crippen LogP contribution in [-0.4, -0.2) is 7.11 Å². The molecule has 0 radical (unpaired) electrons. The Bertz CT molecular complexity index is 1860. The van der Waals surface area contributed by atoms with Gasteiger partial charge in [0.1, 0.15) is 23.3 Å². The van der Waals surface area contributed by atoms with E-state index in [-0.39, 0.29) is 0 Å². The van der Waals surface area contributed by atoms with Crippen LogP contribution in [0.3, 0.4) is 0 Å². The summed E-state index contributed by atoms with van der Waals surface area (Å²) in [5.74, 6) is 2.08. The second-order valence-electron chi connectivity index (χ2n) is 10.5. The third-order valence-corrected chi connectivity index (χ3v) is 7.59. The summed E-state index contributed by atoms with van der Waals surface area (Å²) in [5, 5.41) is 9.79. The SMILES string of the molecule is C=CCc1cc(/C(=C(/c2ccccc2)c2ccc(Oc3cccc(C)c3C#N)c(CC=C)c2)c2ccccc2)ccc1OC. The highest BCUT2D eigenvalue weighted by atomic mass is 16.5. The van der Waals surface area contributed by atoms with Crippen molar-refractivity contribution in [2.75, 3.05) is 7.11 Å². The van der Waals surface area contributed by atoms with Crippen LogP contribution in [0.2, 0.25) is 0 Å². The minimum Gasteiger partial charge on any atom is -0.496 e. The summed E-state index contributed by atoms with van der Waals surface area (Å²) >= 11 is 0. The van der Waals surface area contributed by atoms with Crippen molar-refractivity contribution in [3.8, 4) is 23.3 Å². The molecule has 44 heavy (non-hydrogen) atoms. The Morgan fingerprint density at radius 3 is 1.66 bits per heavy atom. The molecule has 5 aromatic carbocycles. The Balaban J connectivity index is 1.78. The van der Waals surface area contributed by atoms with Gasteiger partial charge in [0.2, 0.25) is 0 Å². The number of benzene rings is 5. The van der Waals surface area contributed by atoms with Gasteiger partial charge in [-0.1, -0.05) is 97.1 Å². The van der Waals surface area contributed by atoms with Crippen LogP contribution in [0.5, 0.6) is 17.2 Å². The van der Waals surface area contributed by atoms with Crippen molar-refractivity contribution in [1.29, 1.82) is 5.26 Å². The Morgan fingerprint density at radius 2 is 1.16 bits per heavy atom. The van der Waals surface area contributed by atoms with E-state index in [1.165, 1.54) is 0 Å². The fraction of sp³-hybridized carbons (Fsp3) is 0.0976. The van der Waals surface area contributed by atoms with E-state index >= 15 is 0 Å². The number of ether oxygens (including phenoxy) is 2. The maximum absolute atomic E-state index is 9.79. The van der Waals surface area contributed by atoms with E-state index in [0.717, 1.165) is 55.8 Å². The predicted octanol–water partition coefficient (Wildman–Crippen LogP) is 10.1. The maximum Gasteiger partial charge on any atom is 0.145 e. The molecule has 0 amide bonds. The van der Waals surface area contributed by atoms with E-state index < -0.39 is 0 Å². The highest BCUT2D eigenvalue weighted by Crippen LogP contribution is 2.40. The first-order chi connectivity index (χ1) is 21.6. The van der Waals surface area contributed by atoms with Crippen LogP contribution in [0, 0.1) is 18.3 Å². The molecule has 0 spiro atoms. The average Bonchev–Trinajstić information content (AvgIpc) is 3.05. The van der Waals surface area contributed by atoms with Gasteiger partial charge in [0.05, 0.1) is 12.7 Å². The standard InChI is InChI=1S/C41H35NO2/c1-5-14-32-26-34(22-24-37(32)43-4)40(30-17-9-7-10-18-30)41(31-19-11-8-12-20-31)35-23-25-38(33(27-35)15-6-2)44-39-21-13-16-29(3)36(39)28-42/h5-13,16-27H,1-2,14-15H2,3-4H3/b41-40-. The van der Waals surface area contributed by atoms with Crippen molar-refractivity contribution in [2.24, 2.45) is 0 Å². The second-order valence-corrected chi connectivity index (χ2v) is 10.5. The van der Waals surface area contributed by atoms with E-state index in [0.29, 0.717) is 29.9 Å². The highest BCUT2D eigenvalue weighted by molar-refractivity contribution is 6.04. The Kier molecular flexibility index (Phi) is 9.54. The van der Waals surface area contributed by atoms with Gasteiger partial charge in [0, 0.05) is 0 Å².